The minimum Gasteiger partial charge on any atom is -0.478 e. The molecule has 0 bridgehead atoms. The van der Waals surface area contributed by atoms with Crippen molar-refractivity contribution in [3.8, 4) is 0 Å². The van der Waals surface area contributed by atoms with Crippen molar-refractivity contribution in [2.75, 3.05) is 5.43 Å². The topological polar surface area (TPSA) is 134 Å². The third-order valence-electron chi connectivity index (χ3n) is 4.19. The van der Waals surface area contributed by atoms with Crippen molar-refractivity contribution in [2.45, 2.75) is 25.8 Å². The summed E-state index contributed by atoms with van der Waals surface area (Å²) in [4.78, 5) is 38.9. The van der Waals surface area contributed by atoms with Gasteiger partial charge in [-0.05, 0) is 31.9 Å². The molecule has 0 spiro atoms. The number of rotatable bonds is 4. The predicted molar refractivity (Wildman–Crippen MR) is 93.0 cm³/mol. The van der Waals surface area contributed by atoms with E-state index < -0.39 is 23.1 Å². The van der Waals surface area contributed by atoms with Gasteiger partial charge in [0.05, 0.1) is 11.3 Å². The van der Waals surface area contributed by atoms with Crippen LogP contribution in [-0.4, -0.2) is 37.4 Å². The van der Waals surface area contributed by atoms with E-state index >= 15 is 0 Å². The summed E-state index contributed by atoms with van der Waals surface area (Å²) < 4.78 is 1.32. The molecule has 0 saturated carbocycles. The van der Waals surface area contributed by atoms with Crippen molar-refractivity contribution < 1.29 is 19.8 Å². The van der Waals surface area contributed by atoms with Crippen LogP contribution >= 0.6 is 0 Å². The molecule has 26 heavy (non-hydrogen) atoms. The summed E-state index contributed by atoms with van der Waals surface area (Å²) in [5.41, 5.74) is 2.51. The third kappa shape index (κ3) is 3.06. The summed E-state index contributed by atoms with van der Waals surface area (Å²) in [6, 6.07) is 6.09. The molecule has 0 aliphatic carbocycles. The van der Waals surface area contributed by atoms with Gasteiger partial charge in [-0.1, -0.05) is 12.1 Å². The van der Waals surface area contributed by atoms with Crippen LogP contribution in [0.15, 0.2) is 40.4 Å². The summed E-state index contributed by atoms with van der Waals surface area (Å²) in [5.74, 6) is -2.15. The number of anilines is 1. The van der Waals surface area contributed by atoms with E-state index in [0.29, 0.717) is 24.2 Å². The Labute approximate surface area is 147 Å². The predicted octanol–water partition coefficient (Wildman–Crippen LogP) is 1.81. The molecule has 0 radical (unpaired) electrons. The van der Waals surface area contributed by atoms with Crippen LogP contribution in [0.2, 0.25) is 0 Å². The molecule has 1 aliphatic heterocycles. The number of para-hydroxylation sites is 1. The number of hydrogen-bond donors (Lipinski definition) is 3. The number of benzene rings is 1. The van der Waals surface area contributed by atoms with Gasteiger partial charge in [0.15, 0.2) is 5.82 Å². The lowest BCUT2D eigenvalue weighted by atomic mass is 10.0. The first-order valence-electron chi connectivity index (χ1n) is 7.90. The maximum Gasteiger partial charge on any atom is 0.342 e. The molecule has 2 aromatic rings. The van der Waals surface area contributed by atoms with Crippen LogP contribution in [-0.2, 0) is 0 Å². The lowest BCUT2D eigenvalue weighted by molar-refractivity contribution is 0.0684. The van der Waals surface area contributed by atoms with Crippen LogP contribution in [0.3, 0.4) is 0 Å². The number of carbonyl (C=O) groups is 2. The highest BCUT2D eigenvalue weighted by Crippen LogP contribution is 2.22. The number of fused-ring (bicyclic) bond motifs is 1. The first kappa shape index (κ1) is 17.3. The van der Waals surface area contributed by atoms with Gasteiger partial charge < -0.3 is 10.2 Å². The van der Waals surface area contributed by atoms with Gasteiger partial charge in [-0.25, -0.2) is 14.6 Å². The fraction of sp³-hybridized carbons (Fsp3) is 0.235. The highest BCUT2D eigenvalue weighted by atomic mass is 16.4. The standard InChI is InChI=1S/C17H16N4O5/c1-9-6-7-13(14-18-8-11(17(25)26)15(22)21(9)14)20-19-12-5-3-2-4-10(12)16(23)24/h2-5,8-9,19H,6-7H2,1H3,(H,23,24)(H,25,26). The average Bonchev–Trinajstić information content (AvgIpc) is 2.61. The first-order chi connectivity index (χ1) is 12.4. The van der Waals surface area contributed by atoms with Crippen molar-refractivity contribution >= 4 is 23.3 Å². The molecule has 0 saturated heterocycles. The molecular formula is C17H16N4O5. The first-order valence-corrected chi connectivity index (χ1v) is 7.90. The van der Waals surface area contributed by atoms with Crippen LogP contribution in [0, 0.1) is 0 Å². The molecule has 1 atom stereocenters. The Morgan fingerprint density at radius 2 is 1.92 bits per heavy atom. The second kappa shape index (κ2) is 6.79. The third-order valence-corrected chi connectivity index (χ3v) is 4.19. The van der Waals surface area contributed by atoms with E-state index in [1.165, 1.54) is 10.6 Å². The van der Waals surface area contributed by atoms with Crippen molar-refractivity contribution in [3.05, 3.63) is 57.8 Å². The molecule has 0 amide bonds. The number of aromatic nitrogens is 2. The van der Waals surface area contributed by atoms with Crippen LogP contribution in [0.4, 0.5) is 5.69 Å². The van der Waals surface area contributed by atoms with Gasteiger partial charge in [-0.15, -0.1) is 0 Å². The molecule has 1 unspecified atom stereocenters. The number of hydrazone groups is 1. The Hall–Kier alpha value is -3.49. The molecule has 134 valence electrons. The van der Waals surface area contributed by atoms with Gasteiger partial charge in [0.25, 0.3) is 5.56 Å². The number of nitrogens with zero attached hydrogens (tertiary/aromatic N) is 3. The van der Waals surface area contributed by atoms with Gasteiger partial charge >= 0.3 is 11.9 Å². The molecule has 3 N–H and O–H groups in total. The fourth-order valence-corrected chi connectivity index (χ4v) is 2.83. The quantitative estimate of drug-likeness (QED) is 0.711. The minimum absolute atomic E-state index is 0.0626. The van der Waals surface area contributed by atoms with Gasteiger partial charge in [0.2, 0.25) is 0 Å². The Balaban J connectivity index is 2.02. The van der Waals surface area contributed by atoms with Gasteiger partial charge in [-0.3, -0.25) is 14.8 Å². The van der Waals surface area contributed by atoms with E-state index in [9.17, 15) is 19.5 Å². The Bertz CT molecular complexity index is 979. The number of carboxylic acid groups (broad SMARTS) is 2. The SMILES string of the molecule is CC1CCC(=NNc2ccccc2C(=O)O)c2ncc(C(=O)O)c(=O)n21. The Morgan fingerprint density at radius 3 is 2.62 bits per heavy atom. The summed E-state index contributed by atoms with van der Waals surface area (Å²) in [7, 11) is 0. The van der Waals surface area contributed by atoms with Crippen LogP contribution in [0.1, 0.15) is 52.3 Å². The van der Waals surface area contributed by atoms with E-state index in [4.69, 9.17) is 5.11 Å². The van der Waals surface area contributed by atoms with E-state index in [0.717, 1.165) is 6.20 Å². The molecule has 1 aromatic heterocycles. The second-order valence-electron chi connectivity index (χ2n) is 5.88. The smallest absolute Gasteiger partial charge is 0.342 e. The highest BCUT2D eigenvalue weighted by molar-refractivity contribution is 6.00. The van der Waals surface area contributed by atoms with E-state index in [-0.39, 0.29) is 17.4 Å². The normalized spacial score (nSPS) is 17.6. The Kier molecular flexibility index (Phi) is 4.53. The molecule has 2 heterocycles. The molecule has 9 nitrogen and oxygen atoms in total. The van der Waals surface area contributed by atoms with E-state index in [1.807, 2.05) is 6.92 Å². The monoisotopic (exact) mass is 356 g/mol. The summed E-state index contributed by atoms with van der Waals surface area (Å²) in [6.45, 7) is 1.81. The van der Waals surface area contributed by atoms with Crippen molar-refractivity contribution in [2.24, 2.45) is 5.10 Å². The Morgan fingerprint density at radius 1 is 1.23 bits per heavy atom. The molecule has 1 aromatic carbocycles. The van der Waals surface area contributed by atoms with Crippen molar-refractivity contribution in [1.29, 1.82) is 0 Å². The van der Waals surface area contributed by atoms with Crippen molar-refractivity contribution in [1.82, 2.24) is 9.55 Å². The van der Waals surface area contributed by atoms with Gasteiger partial charge in [-0.2, -0.15) is 5.10 Å². The number of aromatic carboxylic acids is 2. The molecular weight excluding hydrogens is 340 g/mol. The number of carboxylic acids is 2. The average molecular weight is 356 g/mol. The summed E-state index contributed by atoms with van der Waals surface area (Å²) in [6.07, 6.45) is 2.12. The maximum atomic E-state index is 12.4. The summed E-state index contributed by atoms with van der Waals surface area (Å²) in [5, 5.41) is 22.5. The van der Waals surface area contributed by atoms with E-state index in [2.05, 4.69) is 15.5 Å². The fourth-order valence-electron chi connectivity index (χ4n) is 2.83. The van der Waals surface area contributed by atoms with Crippen LogP contribution in [0.25, 0.3) is 0 Å². The molecule has 3 rings (SSSR count). The molecule has 0 fully saturated rings. The lowest BCUT2D eigenvalue weighted by Gasteiger charge is -2.25. The zero-order valence-electron chi connectivity index (χ0n) is 13.8. The molecule has 9 heteroatoms. The second-order valence-corrected chi connectivity index (χ2v) is 5.88. The zero-order chi connectivity index (χ0) is 18.8. The molecule has 1 aliphatic rings. The van der Waals surface area contributed by atoms with Gasteiger partial charge in [0.1, 0.15) is 11.3 Å². The zero-order valence-corrected chi connectivity index (χ0v) is 13.8. The highest BCUT2D eigenvalue weighted by Gasteiger charge is 2.26. The largest absolute Gasteiger partial charge is 0.478 e. The lowest BCUT2D eigenvalue weighted by Crippen LogP contribution is -2.37. The van der Waals surface area contributed by atoms with E-state index in [1.54, 1.807) is 18.2 Å². The van der Waals surface area contributed by atoms with Crippen molar-refractivity contribution in [3.63, 3.8) is 0 Å². The van der Waals surface area contributed by atoms with Crippen LogP contribution in [0.5, 0.6) is 0 Å². The van der Waals surface area contributed by atoms with Crippen LogP contribution < -0.4 is 11.0 Å². The summed E-state index contributed by atoms with van der Waals surface area (Å²) >= 11 is 0. The minimum atomic E-state index is -1.33. The maximum absolute atomic E-state index is 12.4. The number of nitrogens with one attached hydrogen (secondary N) is 1. The van der Waals surface area contributed by atoms with Gasteiger partial charge in [0, 0.05) is 12.2 Å². The number of hydrogen-bond acceptors (Lipinski definition) is 6.